The van der Waals surface area contributed by atoms with Crippen molar-refractivity contribution in [3.8, 4) is 11.4 Å². The van der Waals surface area contributed by atoms with Crippen molar-refractivity contribution in [1.29, 1.82) is 0 Å². The average molecular weight is 419 g/mol. The van der Waals surface area contributed by atoms with E-state index in [0.717, 1.165) is 26.3 Å². The summed E-state index contributed by atoms with van der Waals surface area (Å²) in [6.45, 7) is 1.90. The lowest BCUT2D eigenvalue weighted by atomic mass is 10.2. The maximum Gasteiger partial charge on any atom is 0.449 e. The van der Waals surface area contributed by atoms with Gasteiger partial charge in [0.25, 0.3) is 0 Å². The van der Waals surface area contributed by atoms with Crippen LogP contribution in [0.3, 0.4) is 0 Å². The minimum absolute atomic E-state index is 0.124. The molecule has 144 valence electrons. The molecule has 0 aliphatic rings. The van der Waals surface area contributed by atoms with Crippen molar-refractivity contribution in [3.63, 3.8) is 0 Å². The molecule has 0 unspecified atom stereocenters. The average Bonchev–Trinajstić information content (AvgIpc) is 3.24. The molecule has 0 aliphatic heterocycles. The van der Waals surface area contributed by atoms with Crippen LogP contribution in [0.15, 0.2) is 56.8 Å². The Kier molecular flexibility index (Phi) is 4.40. The number of hydrogen-bond acceptors (Lipinski definition) is 7. The summed E-state index contributed by atoms with van der Waals surface area (Å²) in [4.78, 5) is 16.3. The monoisotopic (exact) mass is 419 g/mol. The molecule has 28 heavy (non-hydrogen) atoms. The summed E-state index contributed by atoms with van der Waals surface area (Å²) < 4.78 is 39.8. The smallest absolute Gasteiger partial charge is 0.449 e. The second-order valence-corrected chi connectivity index (χ2v) is 8.54. The number of sulfonamides is 1. The third-order valence-corrected chi connectivity index (χ3v) is 6.35. The summed E-state index contributed by atoms with van der Waals surface area (Å²) >= 11 is 1.13. The van der Waals surface area contributed by atoms with Crippen LogP contribution in [0.1, 0.15) is 5.56 Å². The number of fused-ring (bicyclic) bond motifs is 1. The number of H-pyrrole nitrogens is 1. The fraction of sp³-hybridized carbons (Fsp3) is 0.118. The third-order valence-electron chi connectivity index (χ3n) is 3.97. The molecular weight excluding hydrogens is 404 g/mol. The van der Waals surface area contributed by atoms with Crippen molar-refractivity contribution in [2.24, 2.45) is 0 Å². The molecule has 11 heteroatoms. The van der Waals surface area contributed by atoms with Crippen LogP contribution in [0.5, 0.6) is 5.75 Å². The van der Waals surface area contributed by atoms with Crippen LogP contribution in [0, 0.1) is 6.92 Å². The van der Waals surface area contributed by atoms with Gasteiger partial charge in [0, 0.05) is 12.1 Å². The zero-order valence-electron chi connectivity index (χ0n) is 14.8. The lowest BCUT2D eigenvalue weighted by Crippen LogP contribution is -2.42. The Morgan fingerprint density at radius 1 is 1.21 bits per heavy atom. The van der Waals surface area contributed by atoms with Crippen LogP contribution >= 0.6 is 11.3 Å². The van der Waals surface area contributed by atoms with Crippen molar-refractivity contribution >= 4 is 36.7 Å². The Morgan fingerprint density at radius 2 is 1.96 bits per heavy atom. The molecule has 4 rings (SSSR count). The predicted octanol–water partition coefficient (Wildman–Crippen LogP) is 1.97. The van der Waals surface area contributed by atoms with Gasteiger partial charge < -0.3 is 4.74 Å². The number of benzene rings is 2. The maximum atomic E-state index is 12.9. The Morgan fingerprint density at radius 3 is 2.68 bits per heavy atom. The number of nitrogens with zero attached hydrogens (tertiary/aromatic N) is 2. The fourth-order valence-corrected chi connectivity index (χ4v) is 4.85. The second kappa shape index (κ2) is 6.77. The molecule has 2 aromatic heterocycles. The molecule has 0 aliphatic carbocycles. The Labute approximate surface area is 163 Å². The molecule has 0 saturated carbocycles. The lowest BCUT2D eigenvalue weighted by Gasteiger charge is -1.99. The van der Waals surface area contributed by atoms with Gasteiger partial charge in [0.1, 0.15) is 5.75 Å². The van der Waals surface area contributed by atoms with Gasteiger partial charge in [-0.05, 0) is 35.1 Å². The molecule has 2 heterocycles. The van der Waals surface area contributed by atoms with Crippen LogP contribution < -0.4 is 19.8 Å². The van der Waals surface area contributed by atoms with Crippen LogP contribution in [0.4, 0.5) is 5.13 Å². The highest BCUT2D eigenvalue weighted by atomic mass is 32.2. The van der Waals surface area contributed by atoms with E-state index in [2.05, 4.69) is 15.0 Å². The van der Waals surface area contributed by atoms with E-state index in [4.69, 9.17) is 9.26 Å². The van der Waals surface area contributed by atoms with Crippen LogP contribution in [-0.2, 0) is 10.0 Å². The predicted molar refractivity (Wildman–Crippen MR) is 103 cm³/mol. The maximum absolute atomic E-state index is 12.9. The van der Waals surface area contributed by atoms with Gasteiger partial charge in [0.05, 0.1) is 17.3 Å². The van der Waals surface area contributed by atoms with E-state index in [1.54, 1.807) is 49.6 Å². The number of hydrogen-bond donors (Lipinski definition) is 2. The van der Waals surface area contributed by atoms with E-state index in [9.17, 15) is 13.2 Å². The Hall–Kier alpha value is -3.18. The first-order chi connectivity index (χ1) is 13.4. The summed E-state index contributed by atoms with van der Waals surface area (Å²) in [6, 6.07) is 12.1. The van der Waals surface area contributed by atoms with E-state index in [0.29, 0.717) is 17.0 Å². The molecule has 0 atom stereocenters. The molecule has 0 bridgehead atoms. The van der Waals surface area contributed by atoms with Crippen molar-refractivity contribution in [2.75, 3.05) is 11.8 Å². The van der Waals surface area contributed by atoms with Gasteiger partial charge in [0.15, 0.2) is 5.13 Å². The van der Waals surface area contributed by atoms with Crippen molar-refractivity contribution in [2.45, 2.75) is 11.9 Å². The molecule has 0 fully saturated rings. The quantitative estimate of drug-likeness (QED) is 0.478. The Bertz CT molecular complexity index is 1320. The molecule has 0 spiro atoms. The first-order valence-electron chi connectivity index (χ1n) is 8.05. The molecule has 2 N–H and O–H groups in total. The number of aromatic nitrogens is 3. The highest BCUT2D eigenvalue weighted by Gasteiger charge is 2.37. The zero-order chi connectivity index (χ0) is 19.9. The summed E-state index contributed by atoms with van der Waals surface area (Å²) in [5.74, 6) is 0.633. The van der Waals surface area contributed by atoms with Gasteiger partial charge >= 0.3 is 20.7 Å². The van der Waals surface area contributed by atoms with Crippen molar-refractivity contribution < 1.29 is 22.4 Å². The van der Waals surface area contributed by atoms with Crippen LogP contribution in [0.25, 0.3) is 15.9 Å². The number of rotatable bonds is 5. The van der Waals surface area contributed by atoms with Crippen LogP contribution in [0.2, 0.25) is 0 Å². The number of ether oxygens (including phenoxy) is 1. The van der Waals surface area contributed by atoms with Gasteiger partial charge in [-0.2, -0.15) is 8.42 Å². The number of methoxy groups -OCH3 is 1. The minimum Gasteiger partial charge on any atom is -0.497 e. The second-order valence-electron chi connectivity index (χ2n) is 5.92. The molecule has 0 radical (unpaired) electrons. The van der Waals surface area contributed by atoms with Crippen molar-refractivity contribution in [3.05, 3.63) is 58.4 Å². The molecular formula is C17H15N4O5S2+. The first-order valence-corrected chi connectivity index (χ1v) is 10.4. The zero-order valence-corrected chi connectivity index (χ0v) is 16.4. The molecule has 4 aromatic rings. The number of nitrogens with one attached hydrogen (secondary N) is 2. The van der Waals surface area contributed by atoms with E-state index >= 15 is 0 Å². The minimum atomic E-state index is -4.26. The normalized spacial score (nSPS) is 11.6. The third kappa shape index (κ3) is 3.25. The number of aromatic amines is 1. The van der Waals surface area contributed by atoms with E-state index in [1.165, 1.54) is 0 Å². The van der Waals surface area contributed by atoms with Gasteiger partial charge in [-0.25, -0.2) is 14.5 Å². The van der Waals surface area contributed by atoms with Gasteiger partial charge in [-0.3, -0.25) is 4.52 Å². The fourth-order valence-electron chi connectivity index (χ4n) is 2.60. The van der Waals surface area contributed by atoms with E-state index in [-0.39, 0.29) is 5.13 Å². The largest absolute Gasteiger partial charge is 0.497 e. The van der Waals surface area contributed by atoms with E-state index in [1.807, 2.05) is 6.92 Å². The number of aryl methyl sites for hydroxylation is 1. The topological polar surface area (TPSA) is 118 Å². The highest BCUT2D eigenvalue weighted by Crippen LogP contribution is 2.30. The van der Waals surface area contributed by atoms with E-state index < -0.39 is 20.7 Å². The van der Waals surface area contributed by atoms with Gasteiger partial charge in [-0.1, -0.05) is 29.0 Å². The summed E-state index contributed by atoms with van der Waals surface area (Å²) in [7, 11) is -2.72. The van der Waals surface area contributed by atoms with Crippen molar-refractivity contribution in [1.82, 2.24) is 10.3 Å². The number of anilines is 1. The lowest BCUT2D eigenvalue weighted by molar-refractivity contribution is -0.705. The standard InChI is InChI=1S/C17H14N4O5S2/c1-10-3-5-11(6-4-10)21-15(16(22)26-20-21)28(23,24)19-17-18-13-8-7-12(25-2)9-14(13)27-17/h3-9H,1-2H3,(H-,18,19,20,22)/p+1. The Balaban J connectivity index is 1.74. The van der Waals surface area contributed by atoms with Gasteiger partial charge in [0.2, 0.25) is 5.69 Å². The summed E-state index contributed by atoms with van der Waals surface area (Å²) in [5, 5.41) is 1.87. The SMILES string of the molecule is COc1ccc2nc(NS(=O)(=O)c3c(=O)o[nH][n+]3-c3ccc(C)cc3)sc2c1. The number of thiazole rings is 1. The highest BCUT2D eigenvalue weighted by molar-refractivity contribution is 7.92. The van der Waals surface area contributed by atoms with Crippen LogP contribution in [-0.4, -0.2) is 25.8 Å². The first kappa shape index (κ1) is 18.2. The molecule has 2 aromatic carbocycles. The summed E-state index contributed by atoms with van der Waals surface area (Å²) in [5.41, 5.74) is 1.01. The summed E-state index contributed by atoms with van der Waals surface area (Å²) in [6.07, 6.45) is 0. The van der Waals surface area contributed by atoms with Gasteiger partial charge in [-0.15, -0.1) is 0 Å². The molecule has 9 nitrogen and oxygen atoms in total. The molecule has 0 amide bonds. The molecule has 0 saturated heterocycles.